The number of carboxylic acid groups (broad SMARTS) is 1. The molecular formula is C16H22N2O4. The summed E-state index contributed by atoms with van der Waals surface area (Å²) < 4.78 is 0. The third-order valence-corrected chi connectivity index (χ3v) is 3.10. The molecule has 2 amide bonds. The minimum Gasteiger partial charge on any atom is -0.480 e. The number of carbonyl (C=O) groups is 3. The summed E-state index contributed by atoms with van der Waals surface area (Å²) in [5, 5.41) is 14.1. The number of amides is 2. The molecule has 22 heavy (non-hydrogen) atoms. The van der Waals surface area contributed by atoms with Crippen molar-refractivity contribution in [1.29, 1.82) is 0 Å². The molecule has 1 aromatic rings. The van der Waals surface area contributed by atoms with Gasteiger partial charge >= 0.3 is 5.97 Å². The Hall–Kier alpha value is -2.37. The molecule has 3 N–H and O–H groups in total. The molecule has 0 radical (unpaired) electrons. The van der Waals surface area contributed by atoms with Crippen molar-refractivity contribution in [3.8, 4) is 0 Å². The van der Waals surface area contributed by atoms with Gasteiger partial charge in [-0.1, -0.05) is 32.0 Å². The first-order valence-corrected chi connectivity index (χ1v) is 7.20. The molecule has 2 atom stereocenters. The number of nitrogens with one attached hydrogen (secondary N) is 2. The molecule has 0 heterocycles. The van der Waals surface area contributed by atoms with Crippen LogP contribution in [-0.4, -0.2) is 35.0 Å². The Bertz CT molecular complexity index is 528. The summed E-state index contributed by atoms with van der Waals surface area (Å²) in [6, 6.07) is 6.74. The van der Waals surface area contributed by atoms with Gasteiger partial charge in [0.15, 0.2) is 0 Å². The van der Waals surface area contributed by atoms with Crippen LogP contribution in [0, 0.1) is 5.92 Å². The van der Waals surface area contributed by atoms with E-state index < -0.39 is 24.0 Å². The van der Waals surface area contributed by atoms with Crippen molar-refractivity contribution in [3.63, 3.8) is 0 Å². The lowest BCUT2D eigenvalue weighted by Crippen LogP contribution is -2.50. The highest BCUT2D eigenvalue weighted by atomic mass is 16.4. The van der Waals surface area contributed by atoms with Gasteiger partial charge in [0.1, 0.15) is 12.1 Å². The predicted molar refractivity (Wildman–Crippen MR) is 82.4 cm³/mol. The highest BCUT2D eigenvalue weighted by molar-refractivity contribution is 5.97. The van der Waals surface area contributed by atoms with E-state index >= 15 is 0 Å². The Kier molecular flexibility index (Phi) is 6.56. The molecule has 0 spiro atoms. The van der Waals surface area contributed by atoms with Crippen LogP contribution in [0.1, 0.15) is 37.6 Å². The maximum Gasteiger partial charge on any atom is 0.326 e. The van der Waals surface area contributed by atoms with E-state index in [1.807, 2.05) is 13.8 Å². The van der Waals surface area contributed by atoms with E-state index in [0.29, 0.717) is 12.0 Å². The standard InChI is InChI=1S/C16H22N2O4/c1-10(2)9-13(16(21)22)18-14(19)11(3)17-15(20)12-7-5-4-6-8-12/h4-8,10-11,13H,9H2,1-3H3,(H,17,20)(H,18,19)(H,21,22)/t11-,13-/m0/s1. The molecule has 0 aliphatic carbocycles. The van der Waals surface area contributed by atoms with Crippen molar-refractivity contribution in [2.75, 3.05) is 0 Å². The summed E-state index contributed by atoms with van der Waals surface area (Å²) in [6.45, 7) is 5.27. The summed E-state index contributed by atoms with van der Waals surface area (Å²) in [5.74, 6) is -1.84. The van der Waals surface area contributed by atoms with Crippen LogP contribution < -0.4 is 10.6 Å². The molecule has 0 fully saturated rings. The van der Waals surface area contributed by atoms with Gasteiger partial charge in [-0.2, -0.15) is 0 Å². The number of carboxylic acids is 1. The van der Waals surface area contributed by atoms with Crippen LogP contribution in [0.4, 0.5) is 0 Å². The highest BCUT2D eigenvalue weighted by Gasteiger charge is 2.24. The largest absolute Gasteiger partial charge is 0.480 e. The average molecular weight is 306 g/mol. The number of rotatable bonds is 7. The lowest BCUT2D eigenvalue weighted by atomic mass is 10.0. The Morgan fingerprint density at radius 1 is 1.05 bits per heavy atom. The van der Waals surface area contributed by atoms with E-state index in [9.17, 15) is 14.4 Å². The van der Waals surface area contributed by atoms with Crippen LogP contribution in [0.2, 0.25) is 0 Å². The van der Waals surface area contributed by atoms with Crippen molar-refractivity contribution < 1.29 is 19.5 Å². The topological polar surface area (TPSA) is 95.5 Å². The third kappa shape index (κ3) is 5.55. The zero-order valence-corrected chi connectivity index (χ0v) is 13.0. The molecule has 0 saturated carbocycles. The van der Waals surface area contributed by atoms with Crippen molar-refractivity contribution in [3.05, 3.63) is 35.9 Å². The zero-order valence-electron chi connectivity index (χ0n) is 13.0. The summed E-state index contributed by atoms with van der Waals surface area (Å²) >= 11 is 0. The monoisotopic (exact) mass is 306 g/mol. The Morgan fingerprint density at radius 2 is 1.64 bits per heavy atom. The van der Waals surface area contributed by atoms with E-state index in [1.165, 1.54) is 6.92 Å². The van der Waals surface area contributed by atoms with Gasteiger partial charge in [0.05, 0.1) is 0 Å². The van der Waals surface area contributed by atoms with Crippen LogP contribution >= 0.6 is 0 Å². The zero-order chi connectivity index (χ0) is 16.7. The van der Waals surface area contributed by atoms with Crippen LogP contribution in [0.5, 0.6) is 0 Å². The highest BCUT2D eigenvalue weighted by Crippen LogP contribution is 2.05. The van der Waals surface area contributed by atoms with Crippen LogP contribution in [-0.2, 0) is 9.59 Å². The summed E-state index contributed by atoms with van der Waals surface area (Å²) in [7, 11) is 0. The van der Waals surface area contributed by atoms with Crippen LogP contribution in [0.3, 0.4) is 0 Å². The molecule has 0 bridgehead atoms. The van der Waals surface area contributed by atoms with Gasteiger partial charge in [0.2, 0.25) is 5.91 Å². The first-order chi connectivity index (χ1) is 10.3. The smallest absolute Gasteiger partial charge is 0.326 e. The summed E-state index contributed by atoms with van der Waals surface area (Å²) in [6.07, 6.45) is 0.334. The van der Waals surface area contributed by atoms with Gasteiger partial charge in [-0.25, -0.2) is 4.79 Å². The summed E-state index contributed by atoms with van der Waals surface area (Å²) in [5.41, 5.74) is 0.444. The molecule has 6 heteroatoms. The van der Waals surface area contributed by atoms with Gasteiger partial charge in [-0.3, -0.25) is 9.59 Å². The molecular weight excluding hydrogens is 284 g/mol. The molecule has 1 aromatic carbocycles. The Morgan fingerprint density at radius 3 is 2.14 bits per heavy atom. The van der Waals surface area contributed by atoms with E-state index in [4.69, 9.17) is 5.11 Å². The molecule has 0 unspecified atom stereocenters. The number of carbonyl (C=O) groups excluding carboxylic acids is 2. The molecule has 1 rings (SSSR count). The van der Waals surface area contributed by atoms with Crippen LogP contribution in [0.15, 0.2) is 30.3 Å². The Balaban J connectivity index is 2.60. The lowest BCUT2D eigenvalue weighted by molar-refractivity contribution is -0.142. The molecule has 6 nitrogen and oxygen atoms in total. The van der Waals surface area contributed by atoms with E-state index in [0.717, 1.165) is 0 Å². The fourth-order valence-corrected chi connectivity index (χ4v) is 1.92. The number of aliphatic carboxylic acids is 1. The number of hydrogen-bond donors (Lipinski definition) is 3. The first kappa shape index (κ1) is 17.7. The van der Waals surface area contributed by atoms with E-state index in [2.05, 4.69) is 10.6 Å². The van der Waals surface area contributed by atoms with Gasteiger partial charge in [0, 0.05) is 5.56 Å². The molecule has 120 valence electrons. The van der Waals surface area contributed by atoms with Crippen molar-refractivity contribution in [2.45, 2.75) is 39.3 Å². The quantitative estimate of drug-likeness (QED) is 0.710. The van der Waals surface area contributed by atoms with Gasteiger partial charge in [0.25, 0.3) is 5.91 Å². The molecule has 0 aliphatic heterocycles. The fraction of sp³-hybridized carbons (Fsp3) is 0.438. The van der Waals surface area contributed by atoms with Crippen molar-refractivity contribution in [1.82, 2.24) is 10.6 Å². The molecule has 0 aliphatic rings. The maximum absolute atomic E-state index is 12.0. The van der Waals surface area contributed by atoms with Gasteiger partial charge in [-0.05, 0) is 31.4 Å². The van der Waals surface area contributed by atoms with Crippen molar-refractivity contribution in [2.24, 2.45) is 5.92 Å². The van der Waals surface area contributed by atoms with Crippen LogP contribution in [0.25, 0.3) is 0 Å². The average Bonchev–Trinajstić information content (AvgIpc) is 2.46. The minimum absolute atomic E-state index is 0.135. The van der Waals surface area contributed by atoms with Gasteiger partial charge < -0.3 is 15.7 Å². The minimum atomic E-state index is -1.08. The fourth-order valence-electron chi connectivity index (χ4n) is 1.92. The number of benzene rings is 1. The predicted octanol–water partition coefficient (Wildman–Crippen LogP) is 1.42. The molecule has 0 saturated heterocycles. The van der Waals surface area contributed by atoms with E-state index in [-0.39, 0.29) is 11.8 Å². The second-order valence-electron chi connectivity index (χ2n) is 5.59. The summed E-state index contributed by atoms with van der Waals surface area (Å²) in [4.78, 5) is 35.1. The Labute approximate surface area is 129 Å². The third-order valence-electron chi connectivity index (χ3n) is 3.10. The SMILES string of the molecule is CC(C)C[C@H](NC(=O)[C@H](C)NC(=O)c1ccccc1)C(=O)O. The van der Waals surface area contributed by atoms with Gasteiger partial charge in [-0.15, -0.1) is 0 Å². The lowest BCUT2D eigenvalue weighted by Gasteiger charge is -2.20. The first-order valence-electron chi connectivity index (χ1n) is 7.20. The normalized spacial score (nSPS) is 13.3. The van der Waals surface area contributed by atoms with E-state index in [1.54, 1.807) is 30.3 Å². The number of hydrogen-bond acceptors (Lipinski definition) is 3. The second-order valence-corrected chi connectivity index (χ2v) is 5.59. The van der Waals surface area contributed by atoms with Crippen molar-refractivity contribution >= 4 is 17.8 Å². The maximum atomic E-state index is 12.0. The second kappa shape index (κ2) is 8.17. The molecule has 0 aromatic heterocycles.